The summed E-state index contributed by atoms with van der Waals surface area (Å²) < 4.78 is 0. The van der Waals surface area contributed by atoms with Gasteiger partial charge in [0.2, 0.25) is 0 Å². The van der Waals surface area contributed by atoms with Gasteiger partial charge in [-0.2, -0.15) is 0 Å². The third-order valence-corrected chi connectivity index (χ3v) is 4.90. The van der Waals surface area contributed by atoms with E-state index in [1.54, 1.807) is 0 Å². The Morgan fingerprint density at radius 1 is 1.12 bits per heavy atom. The molecular weight excluding hydrogens is 312 g/mol. The van der Waals surface area contributed by atoms with Gasteiger partial charge in [-0.05, 0) is 44.5 Å². The molecule has 1 fully saturated rings. The fraction of sp³-hybridized carbons (Fsp3) is 0.400. The number of aromatic amines is 1. The molecule has 1 atom stereocenters. The van der Waals surface area contributed by atoms with Crippen LogP contribution in [0, 0.1) is 6.92 Å². The molecule has 0 spiro atoms. The first-order valence-electron chi connectivity index (χ1n) is 9.04. The highest BCUT2D eigenvalue weighted by Gasteiger charge is 2.21. The first-order valence-corrected chi connectivity index (χ1v) is 9.04. The van der Waals surface area contributed by atoms with Crippen LogP contribution >= 0.6 is 0 Å². The first kappa shape index (κ1) is 16.2. The third-order valence-electron chi connectivity index (χ3n) is 4.90. The lowest BCUT2D eigenvalue weighted by Gasteiger charge is -2.28. The molecule has 1 aliphatic rings. The van der Waals surface area contributed by atoms with Gasteiger partial charge in [-0.1, -0.05) is 36.8 Å². The number of aliphatic hydroxyl groups excluding tert-OH is 1. The monoisotopic (exact) mass is 336 g/mol. The Morgan fingerprint density at radius 2 is 1.88 bits per heavy atom. The van der Waals surface area contributed by atoms with E-state index < -0.39 is 6.10 Å². The summed E-state index contributed by atoms with van der Waals surface area (Å²) in [5.41, 5.74) is 4.51. The van der Waals surface area contributed by atoms with Crippen molar-refractivity contribution >= 4 is 11.0 Å². The molecule has 2 aromatic heterocycles. The van der Waals surface area contributed by atoms with E-state index in [0.717, 1.165) is 35.4 Å². The summed E-state index contributed by atoms with van der Waals surface area (Å²) in [6, 6.07) is 12.2. The third kappa shape index (κ3) is 3.43. The minimum atomic E-state index is -0.607. The highest BCUT2D eigenvalue weighted by Crippen LogP contribution is 2.28. The lowest BCUT2D eigenvalue weighted by molar-refractivity contribution is 0.0992. The van der Waals surface area contributed by atoms with E-state index in [9.17, 15) is 5.11 Å². The Bertz CT molecular complexity index is 853. The van der Waals surface area contributed by atoms with Gasteiger partial charge in [0.25, 0.3) is 0 Å². The Balaban J connectivity index is 1.69. The number of β-amino-alcohol motifs (C(OH)–C–C–N with tert-alkyl or cyclic N) is 1. The van der Waals surface area contributed by atoms with Gasteiger partial charge >= 0.3 is 0 Å². The molecule has 0 bridgehead atoms. The maximum atomic E-state index is 10.8. The van der Waals surface area contributed by atoms with Crippen molar-refractivity contribution in [2.24, 2.45) is 0 Å². The van der Waals surface area contributed by atoms with Crippen LogP contribution in [0.2, 0.25) is 0 Å². The normalized spacial score (nSPS) is 17.0. The van der Waals surface area contributed by atoms with Gasteiger partial charge in [0.1, 0.15) is 11.9 Å². The molecule has 0 amide bonds. The van der Waals surface area contributed by atoms with Crippen LogP contribution in [0.4, 0.5) is 0 Å². The van der Waals surface area contributed by atoms with Gasteiger partial charge in [0.15, 0.2) is 0 Å². The maximum absolute atomic E-state index is 10.8. The van der Waals surface area contributed by atoms with Crippen molar-refractivity contribution in [3.8, 4) is 11.3 Å². The number of benzene rings is 1. The Kier molecular flexibility index (Phi) is 4.51. The van der Waals surface area contributed by atoms with Crippen LogP contribution in [0.15, 0.2) is 36.4 Å². The topological polar surface area (TPSA) is 65.0 Å². The summed E-state index contributed by atoms with van der Waals surface area (Å²) in [6.07, 6.45) is 3.11. The van der Waals surface area contributed by atoms with Crippen molar-refractivity contribution in [2.75, 3.05) is 19.6 Å². The molecule has 25 heavy (non-hydrogen) atoms. The number of aryl methyl sites for hydroxylation is 1. The molecule has 1 aromatic carbocycles. The molecule has 1 unspecified atom stereocenters. The second-order valence-corrected chi connectivity index (χ2v) is 6.84. The fourth-order valence-corrected chi connectivity index (χ4v) is 3.64. The van der Waals surface area contributed by atoms with E-state index in [0.29, 0.717) is 18.1 Å². The molecule has 130 valence electrons. The number of H-pyrrole nitrogens is 1. The average Bonchev–Trinajstić information content (AvgIpc) is 3.06. The molecule has 0 aliphatic carbocycles. The van der Waals surface area contributed by atoms with E-state index in [1.807, 2.05) is 31.2 Å². The second-order valence-electron chi connectivity index (χ2n) is 6.84. The quantitative estimate of drug-likeness (QED) is 0.766. The van der Waals surface area contributed by atoms with Crippen molar-refractivity contribution in [3.63, 3.8) is 0 Å². The number of aromatic nitrogens is 3. The summed E-state index contributed by atoms with van der Waals surface area (Å²) in [5.74, 6) is 0.693. The van der Waals surface area contributed by atoms with Crippen molar-refractivity contribution < 1.29 is 5.11 Å². The molecule has 3 aromatic rings. The van der Waals surface area contributed by atoms with Gasteiger partial charge in [0.05, 0.1) is 16.7 Å². The summed E-state index contributed by atoms with van der Waals surface area (Å²) >= 11 is 0. The number of piperidine rings is 1. The van der Waals surface area contributed by atoms with Gasteiger partial charge < -0.3 is 15.0 Å². The predicted octanol–water partition coefficient (Wildman–Crippen LogP) is 3.45. The van der Waals surface area contributed by atoms with E-state index in [2.05, 4.69) is 32.0 Å². The highest BCUT2D eigenvalue weighted by molar-refractivity contribution is 5.84. The second kappa shape index (κ2) is 6.94. The molecule has 5 heteroatoms. The smallest absolute Gasteiger partial charge is 0.126 e. The summed E-state index contributed by atoms with van der Waals surface area (Å²) in [4.78, 5) is 14.9. The fourth-order valence-electron chi connectivity index (χ4n) is 3.64. The van der Waals surface area contributed by atoms with Gasteiger partial charge in [-0.25, -0.2) is 9.97 Å². The van der Waals surface area contributed by atoms with E-state index in [1.165, 1.54) is 19.3 Å². The highest BCUT2D eigenvalue weighted by atomic mass is 16.3. The van der Waals surface area contributed by atoms with Crippen LogP contribution < -0.4 is 0 Å². The van der Waals surface area contributed by atoms with E-state index in [4.69, 9.17) is 0 Å². The Hall–Kier alpha value is -2.24. The molecule has 4 rings (SSSR count). The van der Waals surface area contributed by atoms with Crippen molar-refractivity contribution in [1.29, 1.82) is 0 Å². The van der Waals surface area contributed by atoms with E-state index in [-0.39, 0.29) is 0 Å². The van der Waals surface area contributed by atoms with Gasteiger partial charge in [0, 0.05) is 12.2 Å². The summed E-state index contributed by atoms with van der Waals surface area (Å²) in [6.45, 7) is 4.63. The largest absolute Gasteiger partial charge is 0.385 e. The molecule has 1 aliphatic heterocycles. The number of nitrogens with zero attached hydrogens (tertiary/aromatic N) is 3. The van der Waals surface area contributed by atoms with E-state index >= 15 is 0 Å². The zero-order valence-electron chi connectivity index (χ0n) is 14.6. The average molecular weight is 336 g/mol. The van der Waals surface area contributed by atoms with Crippen LogP contribution in [-0.2, 0) is 0 Å². The standard InChI is InChI=1S/C20H24N4O/c1-14-21-17-12-16(15-8-4-2-5-9-15)23-19(17)20(22-14)18(25)13-24-10-6-3-7-11-24/h2,4-5,8-9,12,18,23,25H,3,6-7,10-11,13H2,1H3. The first-order chi connectivity index (χ1) is 12.2. The number of rotatable bonds is 4. The SMILES string of the molecule is Cc1nc(C(O)CN2CCCCC2)c2[nH]c(-c3ccccc3)cc2n1. The molecule has 2 N–H and O–H groups in total. The minimum Gasteiger partial charge on any atom is -0.385 e. The maximum Gasteiger partial charge on any atom is 0.126 e. The molecule has 1 saturated heterocycles. The summed E-state index contributed by atoms with van der Waals surface area (Å²) in [7, 11) is 0. The molecule has 0 saturated carbocycles. The van der Waals surface area contributed by atoms with Crippen LogP contribution in [0.5, 0.6) is 0 Å². The summed E-state index contributed by atoms with van der Waals surface area (Å²) in [5, 5.41) is 10.8. The van der Waals surface area contributed by atoms with Crippen LogP contribution in [-0.4, -0.2) is 44.6 Å². The van der Waals surface area contributed by atoms with Crippen molar-refractivity contribution in [3.05, 3.63) is 47.9 Å². The lowest BCUT2D eigenvalue weighted by Crippen LogP contribution is -2.33. The number of hydrogen-bond acceptors (Lipinski definition) is 4. The van der Waals surface area contributed by atoms with Crippen molar-refractivity contribution in [2.45, 2.75) is 32.3 Å². The molecule has 5 nitrogen and oxygen atoms in total. The lowest BCUT2D eigenvalue weighted by atomic mass is 10.1. The molecule has 3 heterocycles. The number of nitrogens with one attached hydrogen (secondary N) is 1. The van der Waals surface area contributed by atoms with Crippen LogP contribution in [0.1, 0.15) is 36.9 Å². The molecular formula is C20H24N4O. The van der Waals surface area contributed by atoms with Crippen LogP contribution in [0.3, 0.4) is 0 Å². The Labute approximate surface area is 147 Å². The van der Waals surface area contributed by atoms with Crippen LogP contribution in [0.25, 0.3) is 22.3 Å². The zero-order valence-corrected chi connectivity index (χ0v) is 14.6. The number of aliphatic hydroxyl groups is 1. The number of fused-ring (bicyclic) bond motifs is 1. The van der Waals surface area contributed by atoms with Crippen molar-refractivity contribution in [1.82, 2.24) is 19.9 Å². The number of likely N-dealkylation sites (tertiary alicyclic amines) is 1. The van der Waals surface area contributed by atoms with Gasteiger partial charge in [-0.3, -0.25) is 0 Å². The molecule has 0 radical (unpaired) electrons. The van der Waals surface area contributed by atoms with Gasteiger partial charge in [-0.15, -0.1) is 0 Å². The Morgan fingerprint density at radius 3 is 2.64 bits per heavy atom. The zero-order chi connectivity index (χ0) is 17.2. The predicted molar refractivity (Wildman–Crippen MR) is 99.3 cm³/mol. The minimum absolute atomic E-state index is 0.607. The number of hydrogen-bond donors (Lipinski definition) is 2.